The molecule has 0 saturated heterocycles. The lowest BCUT2D eigenvalue weighted by Crippen LogP contribution is -2.02. The van der Waals surface area contributed by atoms with Crippen LogP contribution < -0.4 is 0 Å². The van der Waals surface area contributed by atoms with Crippen molar-refractivity contribution < 1.29 is 9.53 Å². The van der Waals surface area contributed by atoms with Crippen molar-refractivity contribution in [2.45, 2.75) is 33.1 Å². The van der Waals surface area contributed by atoms with E-state index in [-0.39, 0.29) is 5.78 Å². The number of aryl methyl sites for hydroxylation is 1. The van der Waals surface area contributed by atoms with Crippen LogP contribution in [-0.4, -0.2) is 24.0 Å². The summed E-state index contributed by atoms with van der Waals surface area (Å²) in [4.78, 5) is 16.1. The first-order chi connectivity index (χ1) is 7.20. The number of ether oxygens (including phenoxy) is 1. The highest BCUT2D eigenvalue weighted by Gasteiger charge is 2.00. The minimum Gasteiger partial charge on any atom is -0.381 e. The number of thiazole rings is 1. The van der Waals surface area contributed by atoms with Crippen LogP contribution in [0.5, 0.6) is 0 Å². The van der Waals surface area contributed by atoms with Crippen molar-refractivity contribution in [1.29, 1.82) is 0 Å². The van der Waals surface area contributed by atoms with E-state index in [2.05, 4.69) is 4.98 Å². The third-order valence-corrected chi connectivity index (χ3v) is 3.13. The summed E-state index contributed by atoms with van der Waals surface area (Å²) in [5.74, 6) is 0.233. The fraction of sp³-hybridized carbons (Fsp3) is 0.636. The van der Waals surface area contributed by atoms with Gasteiger partial charge in [0.1, 0.15) is 5.78 Å². The Labute approximate surface area is 94.5 Å². The van der Waals surface area contributed by atoms with Gasteiger partial charge < -0.3 is 9.53 Å². The molecule has 0 saturated carbocycles. The topological polar surface area (TPSA) is 39.2 Å². The number of hydrogen-bond acceptors (Lipinski definition) is 4. The number of carbonyl (C=O) groups excluding carboxylic acids is 1. The Balaban J connectivity index is 2.03. The lowest BCUT2D eigenvalue weighted by molar-refractivity contribution is -0.117. The standard InChI is InChI=1S/C11H17NO2S/c1-9(13)4-3-6-14-7-5-11-10(2)12-8-15-11/h8H,3-7H2,1-2H3. The van der Waals surface area contributed by atoms with E-state index in [1.807, 2.05) is 12.4 Å². The van der Waals surface area contributed by atoms with Crippen LogP contribution in [-0.2, 0) is 16.0 Å². The lowest BCUT2D eigenvalue weighted by Gasteiger charge is -2.02. The maximum Gasteiger partial charge on any atom is 0.129 e. The Morgan fingerprint density at radius 3 is 2.93 bits per heavy atom. The van der Waals surface area contributed by atoms with E-state index in [0.29, 0.717) is 13.0 Å². The smallest absolute Gasteiger partial charge is 0.129 e. The Morgan fingerprint density at radius 1 is 1.53 bits per heavy atom. The van der Waals surface area contributed by atoms with Gasteiger partial charge in [0, 0.05) is 24.3 Å². The zero-order valence-electron chi connectivity index (χ0n) is 9.28. The molecule has 0 unspecified atom stereocenters. The van der Waals surface area contributed by atoms with Gasteiger partial charge in [-0.2, -0.15) is 0 Å². The second kappa shape index (κ2) is 6.69. The number of aromatic nitrogens is 1. The number of hydrogen-bond donors (Lipinski definition) is 0. The van der Waals surface area contributed by atoms with Gasteiger partial charge in [-0.25, -0.2) is 4.98 Å². The molecule has 0 aliphatic carbocycles. The van der Waals surface area contributed by atoms with Crippen LogP contribution in [0.25, 0.3) is 0 Å². The fourth-order valence-electron chi connectivity index (χ4n) is 1.26. The molecule has 1 rings (SSSR count). The largest absolute Gasteiger partial charge is 0.381 e. The Morgan fingerprint density at radius 2 is 2.33 bits per heavy atom. The number of ketones is 1. The highest BCUT2D eigenvalue weighted by molar-refractivity contribution is 7.09. The van der Waals surface area contributed by atoms with Crippen LogP contribution in [0.4, 0.5) is 0 Å². The van der Waals surface area contributed by atoms with Crippen LogP contribution in [0.3, 0.4) is 0 Å². The van der Waals surface area contributed by atoms with Crippen LogP contribution in [0.2, 0.25) is 0 Å². The highest BCUT2D eigenvalue weighted by atomic mass is 32.1. The molecule has 0 N–H and O–H groups in total. The lowest BCUT2D eigenvalue weighted by atomic mass is 10.2. The summed E-state index contributed by atoms with van der Waals surface area (Å²) in [5, 5.41) is 0. The molecular weight excluding hydrogens is 210 g/mol. The van der Waals surface area contributed by atoms with Gasteiger partial charge in [0.2, 0.25) is 0 Å². The molecule has 1 aromatic heterocycles. The van der Waals surface area contributed by atoms with Crippen molar-refractivity contribution in [3.8, 4) is 0 Å². The molecule has 0 fully saturated rings. The molecule has 0 amide bonds. The minimum absolute atomic E-state index is 0.233. The van der Waals surface area contributed by atoms with Gasteiger partial charge in [0.05, 0.1) is 17.8 Å². The van der Waals surface area contributed by atoms with E-state index in [9.17, 15) is 4.79 Å². The summed E-state index contributed by atoms with van der Waals surface area (Å²) in [7, 11) is 0. The Kier molecular flexibility index (Phi) is 5.50. The van der Waals surface area contributed by atoms with Gasteiger partial charge in [-0.3, -0.25) is 0 Å². The monoisotopic (exact) mass is 227 g/mol. The van der Waals surface area contributed by atoms with Crippen molar-refractivity contribution in [3.05, 3.63) is 16.1 Å². The summed E-state index contributed by atoms with van der Waals surface area (Å²) in [6.45, 7) is 5.03. The number of Topliss-reactive ketones (excluding diaryl/α,β-unsaturated/α-hetero) is 1. The molecule has 0 bridgehead atoms. The highest BCUT2D eigenvalue weighted by Crippen LogP contribution is 2.12. The second-order valence-electron chi connectivity index (χ2n) is 3.53. The molecule has 1 heterocycles. The Bertz CT molecular complexity index is 309. The van der Waals surface area contributed by atoms with Gasteiger partial charge in [0.25, 0.3) is 0 Å². The number of carbonyl (C=O) groups is 1. The first kappa shape index (κ1) is 12.3. The van der Waals surface area contributed by atoms with E-state index in [4.69, 9.17) is 4.74 Å². The molecule has 15 heavy (non-hydrogen) atoms. The van der Waals surface area contributed by atoms with Gasteiger partial charge in [-0.05, 0) is 20.3 Å². The minimum atomic E-state index is 0.233. The average Bonchev–Trinajstić information content (AvgIpc) is 2.57. The molecule has 0 aliphatic rings. The molecule has 0 aromatic carbocycles. The van der Waals surface area contributed by atoms with Crippen molar-refractivity contribution in [2.75, 3.05) is 13.2 Å². The fourth-order valence-corrected chi connectivity index (χ4v) is 2.02. The van der Waals surface area contributed by atoms with Crippen molar-refractivity contribution in [1.82, 2.24) is 4.98 Å². The van der Waals surface area contributed by atoms with Gasteiger partial charge in [-0.15, -0.1) is 11.3 Å². The molecule has 3 nitrogen and oxygen atoms in total. The summed E-state index contributed by atoms with van der Waals surface area (Å²) in [6, 6.07) is 0. The van der Waals surface area contributed by atoms with Gasteiger partial charge in [0.15, 0.2) is 0 Å². The van der Waals surface area contributed by atoms with Crippen LogP contribution in [0.15, 0.2) is 5.51 Å². The molecule has 0 spiro atoms. The van der Waals surface area contributed by atoms with E-state index in [1.165, 1.54) is 4.88 Å². The molecule has 84 valence electrons. The SMILES string of the molecule is CC(=O)CCCOCCc1scnc1C. The van der Waals surface area contributed by atoms with Gasteiger partial charge >= 0.3 is 0 Å². The molecule has 0 radical (unpaired) electrons. The maximum atomic E-state index is 10.6. The predicted molar refractivity (Wildman–Crippen MR) is 61.3 cm³/mol. The first-order valence-electron chi connectivity index (χ1n) is 5.16. The molecular formula is C11H17NO2S. The zero-order valence-corrected chi connectivity index (χ0v) is 10.1. The quantitative estimate of drug-likeness (QED) is 0.671. The van der Waals surface area contributed by atoms with Crippen molar-refractivity contribution in [3.63, 3.8) is 0 Å². The van der Waals surface area contributed by atoms with Crippen molar-refractivity contribution in [2.24, 2.45) is 0 Å². The zero-order chi connectivity index (χ0) is 11.1. The average molecular weight is 227 g/mol. The van der Waals surface area contributed by atoms with E-state index >= 15 is 0 Å². The normalized spacial score (nSPS) is 10.5. The van der Waals surface area contributed by atoms with E-state index in [0.717, 1.165) is 25.1 Å². The summed E-state index contributed by atoms with van der Waals surface area (Å²) in [5.41, 5.74) is 2.97. The summed E-state index contributed by atoms with van der Waals surface area (Å²) < 4.78 is 5.44. The van der Waals surface area contributed by atoms with E-state index < -0.39 is 0 Å². The number of rotatable bonds is 7. The maximum absolute atomic E-state index is 10.6. The molecule has 1 aromatic rings. The first-order valence-corrected chi connectivity index (χ1v) is 6.04. The third-order valence-electron chi connectivity index (χ3n) is 2.14. The number of nitrogens with zero attached hydrogens (tertiary/aromatic N) is 1. The predicted octanol–water partition coefficient (Wildman–Crippen LogP) is 2.38. The Hall–Kier alpha value is -0.740. The van der Waals surface area contributed by atoms with Crippen LogP contribution >= 0.6 is 11.3 Å². The summed E-state index contributed by atoms with van der Waals surface area (Å²) >= 11 is 1.67. The summed E-state index contributed by atoms with van der Waals surface area (Å²) in [6.07, 6.45) is 2.38. The van der Waals surface area contributed by atoms with Crippen molar-refractivity contribution >= 4 is 17.1 Å². The molecule has 4 heteroatoms. The van der Waals surface area contributed by atoms with Crippen LogP contribution in [0, 0.1) is 6.92 Å². The second-order valence-corrected chi connectivity index (χ2v) is 4.47. The molecule has 0 atom stereocenters. The van der Waals surface area contributed by atoms with E-state index in [1.54, 1.807) is 18.3 Å². The van der Waals surface area contributed by atoms with Gasteiger partial charge in [-0.1, -0.05) is 0 Å². The molecule has 0 aliphatic heterocycles. The third kappa shape index (κ3) is 5.04. The van der Waals surface area contributed by atoms with Crippen LogP contribution in [0.1, 0.15) is 30.3 Å².